The van der Waals surface area contributed by atoms with Gasteiger partial charge in [0.05, 0.1) is 29.8 Å². The molecule has 0 amide bonds. The number of pyridine rings is 2. The zero-order chi connectivity index (χ0) is 25.1. The van der Waals surface area contributed by atoms with Crippen LogP contribution in [-0.2, 0) is 13.6 Å². The lowest BCUT2D eigenvalue weighted by molar-refractivity contribution is 0.571. The second-order valence-corrected chi connectivity index (χ2v) is 9.25. The van der Waals surface area contributed by atoms with Crippen LogP contribution in [0.5, 0.6) is 0 Å². The van der Waals surface area contributed by atoms with Gasteiger partial charge in [0.1, 0.15) is 11.3 Å². The first-order chi connectivity index (χ1) is 17.4. The van der Waals surface area contributed by atoms with E-state index in [9.17, 15) is 9.18 Å². The molecule has 0 saturated heterocycles. The van der Waals surface area contributed by atoms with Gasteiger partial charge >= 0.3 is 0 Å². The van der Waals surface area contributed by atoms with E-state index in [0.29, 0.717) is 36.0 Å². The second kappa shape index (κ2) is 8.30. The van der Waals surface area contributed by atoms with Crippen molar-refractivity contribution in [3.05, 3.63) is 64.3 Å². The van der Waals surface area contributed by atoms with E-state index in [4.69, 9.17) is 12.2 Å². The number of benzene rings is 1. The largest absolute Gasteiger partial charge is 0.382 e. The van der Waals surface area contributed by atoms with Crippen molar-refractivity contribution >= 4 is 51.1 Å². The smallest absolute Gasteiger partial charge is 0.274 e. The Morgan fingerprint density at radius 1 is 1.22 bits per heavy atom. The Kier molecular flexibility index (Phi) is 5.18. The molecule has 0 saturated carbocycles. The van der Waals surface area contributed by atoms with E-state index < -0.39 is 11.6 Å². The van der Waals surface area contributed by atoms with Gasteiger partial charge in [-0.3, -0.25) is 4.79 Å². The van der Waals surface area contributed by atoms with E-state index in [0.717, 1.165) is 45.7 Å². The molecule has 184 valence electrons. The van der Waals surface area contributed by atoms with E-state index in [2.05, 4.69) is 20.6 Å². The van der Waals surface area contributed by atoms with Crippen molar-refractivity contribution in [2.45, 2.75) is 13.5 Å². The van der Waals surface area contributed by atoms with Crippen LogP contribution in [0.1, 0.15) is 12.5 Å². The lowest BCUT2D eigenvalue weighted by Crippen LogP contribution is -2.44. The Morgan fingerprint density at radius 3 is 2.83 bits per heavy atom. The number of thiocarbonyl (C=S) groups is 1. The minimum atomic E-state index is -0.769. The van der Waals surface area contributed by atoms with Gasteiger partial charge in [-0.1, -0.05) is 0 Å². The Balaban J connectivity index is 1.67. The zero-order valence-corrected chi connectivity index (χ0v) is 20.5. The van der Waals surface area contributed by atoms with Crippen molar-refractivity contribution in [2.24, 2.45) is 7.05 Å². The molecule has 11 heteroatoms. The van der Waals surface area contributed by atoms with Gasteiger partial charge in [-0.15, -0.1) is 0 Å². The summed E-state index contributed by atoms with van der Waals surface area (Å²) < 4.78 is 30.3. The fourth-order valence-corrected chi connectivity index (χ4v) is 5.41. The maximum absolute atomic E-state index is 15.1. The van der Waals surface area contributed by atoms with Crippen molar-refractivity contribution in [3.8, 4) is 11.1 Å². The molecular weight excluding hydrogens is 484 g/mol. The number of anilines is 4. The van der Waals surface area contributed by atoms with Gasteiger partial charge < -0.3 is 30.0 Å². The molecule has 0 bridgehead atoms. The summed E-state index contributed by atoms with van der Waals surface area (Å²) in [7, 11) is 1.70. The number of hydrogen-bond donors (Lipinski definition) is 3. The van der Waals surface area contributed by atoms with Gasteiger partial charge in [0.2, 0.25) is 0 Å². The summed E-state index contributed by atoms with van der Waals surface area (Å²) in [6.07, 6.45) is 4.57. The highest BCUT2D eigenvalue weighted by molar-refractivity contribution is 7.80. The topological polar surface area (TPSA) is 81.2 Å². The van der Waals surface area contributed by atoms with Gasteiger partial charge in [0.25, 0.3) is 5.56 Å². The minimum Gasteiger partial charge on any atom is -0.382 e. The normalized spacial score (nSPS) is 14.2. The maximum Gasteiger partial charge on any atom is 0.274 e. The average Bonchev–Trinajstić information content (AvgIpc) is 3.23. The minimum absolute atomic E-state index is 0.00214. The van der Waals surface area contributed by atoms with Crippen molar-refractivity contribution in [1.29, 1.82) is 0 Å². The molecule has 36 heavy (non-hydrogen) atoms. The van der Waals surface area contributed by atoms with Crippen LogP contribution in [0, 0.1) is 11.6 Å². The van der Waals surface area contributed by atoms with Crippen molar-refractivity contribution < 1.29 is 8.78 Å². The average molecular weight is 508 g/mol. The SMILES string of the molecule is CCNC(=S)N1CCNc2cc3c(cc21)-c1cn(C)c(=O)c2[nH]cc(c12)CN3c1ncc(F)cc1F. The first kappa shape index (κ1) is 22.5. The Bertz CT molecular complexity index is 1610. The van der Waals surface area contributed by atoms with Crippen LogP contribution in [0.4, 0.5) is 31.7 Å². The van der Waals surface area contributed by atoms with Gasteiger partial charge in [-0.25, -0.2) is 13.8 Å². The molecule has 8 nitrogen and oxygen atoms in total. The third-order valence-electron chi connectivity index (χ3n) is 6.67. The highest BCUT2D eigenvalue weighted by Gasteiger charge is 2.31. The van der Waals surface area contributed by atoms with Gasteiger partial charge in [-0.2, -0.15) is 0 Å². The summed E-state index contributed by atoms with van der Waals surface area (Å²) in [6, 6.07) is 4.79. The number of aromatic amines is 1. The van der Waals surface area contributed by atoms with Crippen LogP contribution in [0.3, 0.4) is 0 Å². The molecule has 0 fully saturated rings. The van der Waals surface area contributed by atoms with Gasteiger partial charge in [0.15, 0.2) is 16.7 Å². The number of nitrogens with zero attached hydrogens (tertiary/aromatic N) is 4. The molecule has 0 unspecified atom stereocenters. The molecule has 0 atom stereocenters. The third kappa shape index (κ3) is 3.34. The summed E-state index contributed by atoms with van der Waals surface area (Å²) in [5.41, 5.74) is 5.13. The number of nitrogens with one attached hydrogen (secondary N) is 3. The number of fused-ring (bicyclic) bond motifs is 3. The molecule has 5 heterocycles. The third-order valence-corrected chi connectivity index (χ3v) is 7.04. The molecule has 1 aromatic carbocycles. The Hall–Kier alpha value is -3.99. The fraction of sp³-hybridized carbons (Fsp3) is 0.240. The maximum atomic E-state index is 15.1. The molecular formula is C25H23F2N7OS. The molecule has 2 aliphatic rings. The van der Waals surface area contributed by atoms with E-state index in [1.54, 1.807) is 24.3 Å². The summed E-state index contributed by atoms with van der Waals surface area (Å²) in [4.78, 5) is 23.9. The van der Waals surface area contributed by atoms with Crippen molar-refractivity contribution in [3.63, 3.8) is 0 Å². The summed E-state index contributed by atoms with van der Waals surface area (Å²) in [5.74, 6) is -1.52. The van der Waals surface area contributed by atoms with Gasteiger partial charge in [-0.05, 0) is 36.8 Å². The van der Waals surface area contributed by atoms with Crippen LogP contribution in [0.25, 0.3) is 22.0 Å². The van der Waals surface area contributed by atoms with Crippen LogP contribution in [0.2, 0.25) is 0 Å². The monoisotopic (exact) mass is 507 g/mol. The summed E-state index contributed by atoms with van der Waals surface area (Å²) in [5, 5.41) is 8.03. The molecule has 6 rings (SSSR count). The molecule has 0 aliphatic carbocycles. The highest BCUT2D eigenvalue weighted by atomic mass is 32.1. The molecule has 0 spiro atoms. The predicted octanol–water partition coefficient (Wildman–Crippen LogP) is 3.98. The van der Waals surface area contributed by atoms with Crippen LogP contribution in [-0.4, -0.2) is 39.3 Å². The van der Waals surface area contributed by atoms with Gasteiger partial charge in [0, 0.05) is 61.7 Å². The number of aromatic nitrogens is 3. The first-order valence-electron chi connectivity index (χ1n) is 11.6. The van der Waals surface area contributed by atoms with Crippen LogP contribution >= 0.6 is 12.2 Å². The van der Waals surface area contributed by atoms with Crippen LogP contribution < -0.4 is 26.0 Å². The zero-order valence-electron chi connectivity index (χ0n) is 19.7. The predicted molar refractivity (Wildman–Crippen MR) is 141 cm³/mol. The summed E-state index contributed by atoms with van der Waals surface area (Å²) >= 11 is 5.64. The number of rotatable bonds is 2. The quantitative estimate of drug-likeness (QED) is 0.354. The standard InChI is InChI=1S/C25H23F2N7OS/c1-3-28-25(36)33-5-4-29-18-8-19-15(7-20(18)33)16-12-32(2)24(35)22-21(16)13(9-30-22)11-34(19)23-17(27)6-14(26)10-31-23/h6-10,12,29-30H,3-5,11H2,1-2H3,(H,28,36). The fourth-order valence-electron chi connectivity index (χ4n) is 5.07. The van der Waals surface area contributed by atoms with Crippen molar-refractivity contribution in [2.75, 3.05) is 34.8 Å². The molecule has 2 aliphatic heterocycles. The Morgan fingerprint density at radius 2 is 2.06 bits per heavy atom. The van der Waals surface area contributed by atoms with E-state index in [1.165, 1.54) is 4.57 Å². The molecule has 3 aromatic heterocycles. The van der Waals surface area contributed by atoms with E-state index in [1.807, 2.05) is 24.0 Å². The molecule has 3 N–H and O–H groups in total. The number of hydrogen-bond acceptors (Lipinski definition) is 5. The lowest BCUT2D eigenvalue weighted by Gasteiger charge is -2.34. The molecule has 4 aromatic rings. The summed E-state index contributed by atoms with van der Waals surface area (Å²) in [6.45, 7) is 4.27. The first-order valence-corrected chi connectivity index (χ1v) is 12.0. The van der Waals surface area contributed by atoms with E-state index >= 15 is 4.39 Å². The molecule has 0 radical (unpaired) electrons. The number of H-pyrrole nitrogens is 1. The second-order valence-electron chi connectivity index (χ2n) is 8.87. The number of aryl methyl sites for hydroxylation is 1. The van der Waals surface area contributed by atoms with Crippen molar-refractivity contribution in [1.82, 2.24) is 19.9 Å². The van der Waals surface area contributed by atoms with Crippen LogP contribution in [0.15, 0.2) is 41.6 Å². The lowest BCUT2D eigenvalue weighted by atomic mass is 9.98. The Labute approximate surface area is 210 Å². The highest BCUT2D eigenvalue weighted by Crippen LogP contribution is 2.47. The van der Waals surface area contributed by atoms with E-state index in [-0.39, 0.29) is 17.9 Å². The number of halogens is 2.